The molecule has 0 unspecified atom stereocenters. The molecule has 0 heterocycles. The van der Waals surface area contributed by atoms with Crippen LogP contribution in [-0.4, -0.2) is 12.6 Å². The van der Waals surface area contributed by atoms with Crippen molar-refractivity contribution < 1.29 is 13.9 Å². The molecular formula is C19H22BrClFNO2. The fourth-order valence-corrected chi connectivity index (χ4v) is 2.88. The maximum absolute atomic E-state index is 13.2. The van der Waals surface area contributed by atoms with Crippen molar-refractivity contribution in [3.05, 3.63) is 56.8 Å². The molecule has 0 radical (unpaired) electrons. The number of ether oxygens (including phenoxy) is 2. The minimum absolute atomic E-state index is 0.0416. The van der Waals surface area contributed by atoms with Gasteiger partial charge < -0.3 is 14.8 Å². The number of nitrogens with one attached hydrogen (secondary N) is 1. The van der Waals surface area contributed by atoms with E-state index in [9.17, 15) is 4.39 Å². The van der Waals surface area contributed by atoms with Crippen molar-refractivity contribution >= 4 is 27.5 Å². The molecule has 3 nitrogen and oxygen atoms in total. The molecule has 136 valence electrons. The SMILES string of the molecule is COc1ccc(Br)c(CNC(C)(C)C)c1OCc1ccc(F)cc1Cl. The first kappa shape index (κ1) is 20.0. The number of hydrogen-bond acceptors (Lipinski definition) is 3. The van der Waals surface area contributed by atoms with Crippen LogP contribution in [0.1, 0.15) is 31.9 Å². The first-order valence-electron chi connectivity index (χ1n) is 7.88. The molecule has 0 atom stereocenters. The molecule has 0 aliphatic carbocycles. The predicted molar refractivity (Wildman–Crippen MR) is 103 cm³/mol. The molecular weight excluding hydrogens is 409 g/mol. The Kier molecular flexibility index (Phi) is 6.72. The molecule has 0 aliphatic heterocycles. The Hall–Kier alpha value is -1.30. The fourth-order valence-electron chi connectivity index (χ4n) is 2.21. The van der Waals surface area contributed by atoms with Gasteiger partial charge in [0.25, 0.3) is 0 Å². The molecule has 2 aromatic rings. The minimum atomic E-state index is -0.371. The summed E-state index contributed by atoms with van der Waals surface area (Å²) < 4.78 is 25.6. The number of benzene rings is 2. The first-order chi connectivity index (χ1) is 11.7. The van der Waals surface area contributed by atoms with E-state index in [0.29, 0.717) is 28.6 Å². The molecule has 0 amide bonds. The highest BCUT2D eigenvalue weighted by molar-refractivity contribution is 9.10. The van der Waals surface area contributed by atoms with Gasteiger partial charge >= 0.3 is 0 Å². The van der Waals surface area contributed by atoms with Crippen LogP contribution in [0.2, 0.25) is 5.02 Å². The standard InChI is InChI=1S/C19H22BrClFNO2/c1-19(2,3)23-10-14-15(20)7-8-17(24-4)18(14)25-11-12-5-6-13(22)9-16(12)21/h5-9,23H,10-11H2,1-4H3. The zero-order valence-corrected chi connectivity index (χ0v) is 17.1. The molecule has 0 saturated heterocycles. The Morgan fingerprint density at radius 1 is 1.20 bits per heavy atom. The summed E-state index contributed by atoms with van der Waals surface area (Å²) in [6.45, 7) is 7.11. The van der Waals surface area contributed by atoms with Crippen molar-refractivity contribution in [1.29, 1.82) is 0 Å². The van der Waals surface area contributed by atoms with Crippen LogP contribution in [0.15, 0.2) is 34.8 Å². The monoisotopic (exact) mass is 429 g/mol. The molecule has 0 aromatic heterocycles. The third kappa shape index (κ3) is 5.59. The second-order valence-electron chi connectivity index (χ2n) is 6.69. The molecule has 0 spiro atoms. The van der Waals surface area contributed by atoms with Crippen LogP contribution in [0.4, 0.5) is 4.39 Å². The van der Waals surface area contributed by atoms with Gasteiger partial charge in [0.05, 0.1) is 12.1 Å². The Morgan fingerprint density at radius 3 is 2.52 bits per heavy atom. The molecule has 0 bridgehead atoms. The Labute approximate surface area is 161 Å². The van der Waals surface area contributed by atoms with Gasteiger partial charge in [0, 0.05) is 27.7 Å². The van der Waals surface area contributed by atoms with E-state index in [-0.39, 0.29) is 18.0 Å². The van der Waals surface area contributed by atoms with Gasteiger partial charge in [-0.2, -0.15) is 0 Å². The lowest BCUT2D eigenvalue weighted by molar-refractivity contribution is 0.278. The average molecular weight is 431 g/mol. The van der Waals surface area contributed by atoms with E-state index in [1.54, 1.807) is 13.2 Å². The number of rotatable bonds is 6. The Morgan fingerprint density at radius 2 is 1.92 bits per heavy atom. The van der Waals surface area contributed by atoms with Crippen molar-refractivity contribution in [2.75, 3.05) is 7.11 Å². The van der Waals surface area contributed by atoms with Crippen LogP contribution >= 0.6 is 27.5 Å². The number of methoxy groups -OCH3 is 1. The third-order valence-electron chi connectivity index (χ3n) is 3.57. The highest BCUT2D eigenvalue weighted by Crippen LogP contribution is 2.37. The van der Waals surface area contributed by atoms with Crippen molar-refractivity contribution in [3.8, 4) is 11.5 Å². The lowest BCUT2D eigenvalue weighted by Gasteiger charge is -2.23. The minimum Gasteiger partial charge on any atom is -0.493 e. The van der Waals surface area contributed by atoms with Gasteiger partial charge in [-0.15, -0.1) is 0 Å². The topological polar surface area (TPSA) is 30.5 Å². The highest BCUT2D eigenvalue weighted by atomic mass is 79.9. The molecule has 0 aliphatic rings. The lowest BCUT2D eigenvalue weighted by atomic mass is 10.1. The normalized spacial score (nSPS) is 11.5. The summed E-state index contributed by atoms with van der Waals surface area (Å²) in [5.41, 5.74) is 1.62. The summed E-state index contributed by atoms with van der Waals surface area (Å²) in [7, 11) is 1.60. The summed E-state index contributed by atoms with van der Waals surface area (Å²) in [6, 6.07) is 8.03. The van der Waals surface area contributed by atoms with E-state index in [4.69, 9.17) is 21.1 Å². The van der Waals surface area contributed by atoms with E-state index in [1.165, 1.54) is 12.1 Å². The molecule has 2 aromatic carbocycles. The van der Waals surface area contributed by atoms with Crippen molar-refractivity contribution in [2.24, 2.45) is 0 Å². The van der Waals surface area contributed by atoms with Crippen LogP contribution in [0.5, 0.6) is 11.5 Å². The van der Waals surface area contributed by atoms with Gasteiger partial charge in [-0.25, -0.2) is 4.39 Å². The zero-order chi connectivity index (χ0) is 18.6. The average Bonchev–Trinajstić information content (AvgIpc) is 2.52. The smallest absolute Gasteiger partial charge is 0.167 e. The Balaban J connectivity index is 2.29. The predicted octanol–water partition coefficient (Wildman–Crippen LogP) is 5.72. The van der Waals surface area contributed by atoms with E-state index in [2.05, 4.69) is 42.0 Å². The second-order valence-corrected chi connectivity index (χ2v) is 7.95. The van der Waals surface area contributed by atoms with Crippen molar-refractivity contribution in [2.45, 2.75) is 39.5 Å². The van der Waals surface area contributed by atoms with Crippen LogP contribution in [0.3, 0.4) is 0 Å². The number of hydrogen-bond donors (Lipinski definition) is 1. The zero-order valence-electron chi connectivity index (χ0n) is 14.8. The summed E-state index contributed by atoms with van der Waals surface area (Å²) in [6.07, 6.45) is 0. The Bertz CT molecular complexity index is 747. The van der Waals surface area contributed by atoms with E-state index in [1.807, 2.05) is 12.1 Å². The first-order valence-corrected chi connectivity index (χ1v) is 9.05. The summed E-state index contributed by atoms with van der Waals surface area (Å²) in [4.78, 5) is 0. The maximum Gasteiger partial charge on any atom is 0.167 e. The molecule has 2 rings (SSSR count). The van der Waals surface area contributed by atoms with Gasteiger partial charge in [-0.1, -0.05) is 33.6 Å². The summed E-state index contributed by atoms with van der Waals surface area (Å²) in [5.74, 6) is 0.894. The van der Waals surface area contributed by atoms with Crippen LogP contribution < -0.4 is 14.8 Å². The summed E-state index contributed by atoms with van der Waals surface area (Å²) in [5, 5.41) is 3.78. The van der Waals surface area contributed by atoms with Crippen LogP contribution in [0.25, 0.3) is 0 Å². The molecule has 25 heavy (non-hydrogen) atoms. The second kappa shape index (κ2) is 8.39. The fraction of sp³-hybridized carbons (Fsp3) is 0.368. The van der Waals surface area contributed by atoms with Gasteiger partial charge in [0.15, 0.2) is 11.5 Å². The quantitative estimate of drug-likeness (QED) is 0.636. The molecule has 1 N–H and O–H groups in total. The van der Waals surface area contributed by atoms with Crippen LogP contribution in [-0.2, 0) is 13.2 Å². The molecule has 0 fully saturated rings. The maximum atomic E-state index is 13.2. The van der Waals surface area contributed by atoms with E-state index < -0.39 is 0 Å². The van der Waals surface area contributed by atoms with E-state index >= 15 is 0 Å². The van der Waals surface area contributed by atoms with Gasteiger partial charge in [-0.3, -0.25) is 0 Å². The largest absolute Gasteiger partial charge is 0.493 e. The van der Waals surface area contributed by atoms with E-state index in [0.717, 1.165) is 10.0 Å². The molecule has 0 saturated carbocycles. The van der Waals surface area contributed by atoms with Crippen molar-refractivity contribution in [1.82, 2.24) is 5.32 Å². The lowest BCUT2D eigenvalue weighted by Crippen LogP contribution is -2.35. The summed E-state index contributed by atoms with van der Waals surface area (Å²) >= 11 is 9.67. The van der Waals surface area contributed by atoms with Crippen molar-refractivity contribution in [3.63, 3.8) is 0 Å². The molecule has 6 heteroatoms. The number of halogens is 3. The van der Waals surface area contributed by atoms with Crippen LogP contribution in [0, 0.1) is 5.82 Å². The highest BCUT2D eigenvalue weighted by Gasteiger charge is 2.18. The van der Waals surface area contributed by atoms with Gasteiger partial charge in [0.1, 0.15) is 12.4 Å². The third-order valence-corrected chi connectivity index (χ3v) is 4.66. The van der Waals surface area contributed by atoms with Gasteiger partial charge in [-0.05, 0) is 45.0 Å². The van der Waals surface area contributed by atoms with Gasteiger partial charge in [0.2, 0.25) is 0 Å².